The zero-order chi connectivity index (χ0) is 20.5. The van der Waals surface area contributed by atoms with Gasteiger partial charge in [0.15, 0.2) is 0 Å². The number of amides is 1. The summed E-state index contributed by atoms with van der Waals surface area (Å²) in [6.07, 6.45) is 0. The molecule has 3 aromatic heterocycles. The van der Waals surface area contributed by atoms with Crippen molar-refractivity contribution in [2.24, 2.45) is 0 Å². The second-order valence-corrected chi connectivity index (χ2v) is 8.92. The summed E-state index contributed by atoms with van der Waals surface area (Å²) in [5.74, 6) is -0.00549. The van der Waals surface area contributed by atoms with Crippen molar-refractivity contribution in [3.8, 4) is 15.6 Å². The average molecular weight is 423 g/mol. The number of rotatable bonds is 5. The minimum Gasteiger partial charge on any atom is -0.336 e. The smallest absolute Gasteiger partial charge is 0.265 e. The van der Waals surface area contributed by atoms with Crippen molar-refractivity contribution < 1.29 is 4.79 Å². The highest BCUT2D eigenvalue weighted by atomic mass is 32.1. The first-order chi connectivity index (χ1) is 14.0. The van der Waals surface area contributed by atoms with Gasteiger partial charge in [0.05, 0.1) is 22.0 Å². The predicted molar refractivity (Wildman–Crippen MR) is 119 cm³/mol. The van der Waals surface area contributed by atoms with Crippen LogP contribution in [0.25, 0.3) is 15.6 Å². The summed E-state index contributed by atoms with van der Waals surface area (Å²) in [6.45, 7) is 6.45. The first-order valence-electron chi connectivity index (χ1n) is 9.33. The van der Waals surface area contributed by atoms with Crippen molar-refractivity contribution >= 4 is 28.6 Å². The Kier molecular flexibility index (Phi) is 5.34. The molecule has 0 saturated carbocycles. The van der Waals surface area contributed by atoms with E-state index in [4.69, 9.17) is 5.10 Å². The van der Waals surface area contributed by atoms with Crippen molar-refractivity contribution in [3.63, 3.8) is 0 Å². The van der Waals surface area contributed by atoms with Gasteiger partial charge in [-0.1, -0.05) is 24.3 Å². The van der Waals surface area contributed by atoms with Gasteiger partial charge < -0.3 is 4.90 Å². The van der Waals surface area contributed by atoms with Crippen molar-refractivity contribution in [1.82, 2.24) is 19.7 Å². The van der Waals surface area contributed by atoms with E-state index in [2.05, 4.69) is 4.98 Å². The molecule has 29 heavy (non-hydrogen) atoms. The molecule has 5 nitrogen and oxygen atoms in total. The van der Waals surface area contributed by atoms with Crippen molar-refractivity contribution in [1.29, 1.82) is 0 Å². The maximum Gasteiger partial charge on any atom is 0.265 e. The van der Waals surface area contributed by atoms with E-state index in [9.17, 15) is 4.79 Å². The van der Waals surface area contributed by atoms with Crippen LogP contribution in [-0.2, 0) is 6.54 Å². The van der Waals surface area contributed by atoms with Crippen LogP contribution in [0.1, 0.15) is 32.3 Å². The largest absolute Gasteiger partial charge is 0.336 e. The summed E-state index contributed by atoms with van der Waals surface area (Å²) in [6, 6.07) is 14.1. The highest BCUT2D eigenvalue weighted by Crippen LogP contribution is 2.32. The van der Waals surface area contributed by atoms with Gasteiger partial charge in [-0.2, -0.15) is 5.10 Å². The summed E-state index contributed by atoms with van der Waals surface area (Å²) < 4.78 is 1.94. The fourth-order valence-corrected chi connectivity index (χ4v) is 5.16. The summed E-state index contributed by atoms with van der Waals surface area (Å²) in [5.41, 5.74) is 4.86. The molecule has 0 spiro atoms. The minimum absolute atomic E-state index is 0.00549. The lowest BCUT2D eigenvalue weighted by molar-refractivity contribution is 0.0788. The van der Waals surface area contributed by atoms with E-state index in [1.54, 1.807) is 16.2 Å². The van der Waals surface area contributed by atoms with Gasteiger partial charge in [-0.3, -0.25) is 4.79 Å². The summed E-state index contributed by atoms with van der Waals surface area (Å²) in [7, 11) is 1.84. The second-order valence-electron chi connectivity index (χ2n) is 6.97. The molecule has 148 valence electrons. The van der Waals surface area contributed by atoms with E-state index in [0.717, 1.165) is 38.2 Å². The molecule has 0 aliphatic heterocycles. The fraction of sp³-hybridized carbons (Fsp3) is 0.227. The summed E-state index contributed by atoms with van der Waals surface area (Å²) >= 11 is 3.10. The molecule has 0 radical (unpaired) electrons. The standard InChI is InChI=1S/C22H22N4OS2/c1-14-18(16(3)26(24-14)17-9-6-5-7-10-17)13-25(4)22(27)20-15(2)23-21(29-20)19-11-8-12-28-19/h5-12H,13H2,1-4H3. The summed E-state index contributed by atoms with van der Waals surface area (Å²) in [4.78, 5) is 21.3. The Bertz CT molecular complexity index is 1140. The molecule has 1 amide bonds. The molecule has 0 aliphatic rings. The van der Waals surface area contributed by atoms with Gasteiger partial charge in [-0.05, 0) is 44.4 Å². The molecule has 4 aromatic rings. The normalized spacial score (nSPS) is 11.0. The third-order valence-electron chi connectivity index (χ3n) is 4.91. The highest BCUT2D eigenvalue weighted by molar-refractivity contribution is 7.22. The Hall–Kier alpha value is -2.77. The van der Waals surface area contributed by atoms with Crippen LogP contribution in [0.2, 0.25) is 0 Å². The number of para-hydroxylation sites is 1. The topological polar surface area (TPSA) is 51.0 Å². The predicted octanol–water partition coefficient (Wildman–Crippen LogP) is 5.25. The maximum atomic E-state index is 13.1. The molecule has 0 unspecified atom stereocenters. The molecule has 3 heterocycles. The number of hydrogen-bond donors (Lipinski definition) is 0. The lowest BCUT2D eigenvalue weighted by Crippen LogP contribution is -2.26. The third kappa shape index (κ3) is 3.75. The van der Waals surface area contributed by atoms with Crippen LogP contribution in [-0.4, -0.2) is 32.6 Å². The lowest BCUT2D eigenvalue weighted by atomic mass is 10.2. The monoisotopic (exact) mass is 422 g/mol. The van der Waals surface area contributed by atoms with Crippen LogP contribution in [0.15, 0.2) is 47.8 Å². The molecular formula is C22H22N4OS2. The lowest BCUT2D eigenvalue weighted by Gasteiger charge is -2.17. The number of carbonyl (C=O) groups is 1. The number of thiophene rings is 1. The number of thiazole rings is 1. The number of carbonyl (C=O) groups excluding carboxylic acids is 1. The Morgan fingerprint density at radius 3 is 2.52 bits per heavy atom. The molecule has 1 aromatic carbocycles. The second kappa shape index (κ2) is 7.93. The molecular weight excluding hydrogens is 400 g/mol. The SMILES string of the molecule is Cc1nc(-c2cccs2)sc1C(=O)N(C)Cc1c(C)nn(-c2ccccc2)c1C. The zero-order valence-electron chi connectivity index (χ0n) is 16.8. The molecule has 0 aliphatic carbocycles. The van der Waals surface area contributed by atoms with E-state index >= 15 is 0 Å². The van der Waals surface area contributed by atoms with E-state index in [1.165, 1.54) is 11.3 Å². The first-order valence-corrected chi connectivity index (χ1v) is 11.0. The van der Waals surface area contributed by atoms with Crippen LogP contribution in [0.5, 0.6) is 0 Å². The van der Waals surface area contributed by atoms with Crippen LogP contribution < -0.4 is 0 Å². The molecule has 0 saturated heterocycles. The van der Waals surface area contributed by atoms with E-state index in [0.29, 0.717) is 11.4 Å². The van der Waals surface area contributed by atoms with Crippen LogP contribution >= 0.6 is 22.7 Å². The molecule has 0 bridgehead atoms. The average Bonchev–Trinajstić information content (AvgIpc) is 3.44. The number of aromatic nitrogens is 3. The van der Waals surface area contributed by atoms with E-state index in [-0.39, 0.29) is 5.91 Å². The molecule has 0 N–H and O–H groups in total. The van der Waals surface area contributed by atoms with Crippen molar-refractivity contribution in [3.05, 3.63) is 75.4 Å². The van der Waals surface area contributed by atoms with Crippen LogP contribution in [0.3, 0.4) is 0 Å². The van der Waals surface area contributed by atoms with Gasteiger partial charge in [0.25, 0.3) is 5.91 Å². The van der Waals surface area contributed by atoms with Gasteiger partial charge in [0.1, 0.15) is 9.88 Å². The van der Waals surface area contributed by atoms with Crippen molar-refractivity contribution in [2.75, 3.05) is 7.05 Å². The summed E-state index contributed by atoms with van der Waals surface area (Å²) in [5, 5.41) is 7.62. The Labute approximate surface area is 178 Å². The molecule has 0 atom stereocenters. The maximum absolute atomic E-state index is 13.1. The van der Waals surface area contributed by atoms with Gasteiger partial charge in [0, 0.05) is 24.8 Å². The van der Waals surface area contributed by atoms with E-state index < -0.39 is 0 Å². The Balaban J connectivity index is 1.58. The van der Waals surface area contributed by atoms with Gasteiger partial charge in [-0.15, -0.1) is 22.7 Å². The van der Waals surface area contributed by atoms with Gasteiger partial charge in [0.2, 0.25) is 0 Å². The van der Waals surface area contributed by atoms with Gasteiger partial charge in [-0.25, -0.2) is 9.67 Å². The minimum atomic E-state index is -0.00549. The quantitative estimate of drug-likeness (QED) is 0.441. The molecule has 7 heteroatoms. The Morgan fingerprint density at radius 2 is 1.83 bits per heavy atom. The number of benzene rings is 1. The van der Waals surface area contributed by atoms with Gasteiger partial charge >= 0.3 is 0 Å². The first kappa shape index (κ1) is 19.5. The molecule has 4 rings (SSSR count). The van der Waals surface area contributed by atoms with Crippen LogP contribution in [0.4, 0.5) is 0 Å². The number of nitrogens with zero attached hydrogens (tertiary/aromatic N) is 4. The number of hydrogen-bond acceptors (Lipinski definition) is 5. The van der Waals surface area contributed by atoms with Crippen molar-refractivity contribution in [2.45, 2.75) is 27.3 Å². The third-order valence-corrected chi connectivity index (χ3v) is 7.09. The van der Waals surface area contributed by atoms with Crippen LogP contribution in [0, 0.1) is 20.8 Å². The number of aryl methyl sites for hydroxylation is 2. The molecule has 0 fully saturated rings. The Morgan fingerprint density at radius 1 is 1.07 bits per heavy atom. The van der Waals surface area contributed by atoms with E-state index in [1.807, 2.05) is 80.3 Å². The highest BCUT2D eigenvalue weighted by Gasteiger charge is 2.22. The fourth-order valence-electron chi connectivity index (χ4n) is 3.31. The zero-order valence-corrected chi connectivity index (χ0v) is 18.5.